The summed E-state index contributed by atoms with van der Waals surface area (Å²) in [6, 6.07) is 5.05. The molecule has 1 aromatic carbocycles. The smallest absolute Gasteiger partial charge is 0.387 e. The monoisotopic (exact) mass is 301 g/mol. The number of amides is 3. The van der Waals surface area contributed by atoms with Crippen LogP contribution in [0.5, 0.6) is 5.75 Å². The number of rotatable bonds is 8. The molecule has 0 atom stereocenters. The van der Waals surface area contributed by atoms with E-state index in [4.69, 9.17) is 5.73 Å². The van der Waals surface area contributed by atoms with Gasteiger partial charge in [0, 0.05) is 18.7 Å². The van der Waals surface area contributed by atoms with E-state index in [2.05, 4.69) is 15.4 Å². The molecule has 6 nitrogen and oxygen atoms in total. The lowest BCUT2D eigenvalue weighted by molar-refractivity contribution is -0.116. The van der Waals surface area contributed by atoms with Crippen molar-refractivity contribution in [1.29, 1.82) is 0 Å². The number of carbonyl (C=O) groups excluding carboxylic acids is 2. The third-order valence-electron chi connectivity index (χ3n) is 2.49. The van der Waals surface area contributed by atoms with E-state index in [1.54, 1.807) is 0 Å². The molecule has 0 fully saturated rings. The fraction of sp³-hybridized carbons (Fsp3) is 0.385. The van der Waals surface area contributed by atoms with Gasteiger partial charge in [0.15, 0.2) is 0 Å². The summed E-state index contributed by atoms with van der Waals surface area (Å²) in [6.45, 7) is -2.46. The van der Waals surface area contributed by atoms with Gasteiger partial charge in [-0.25, -0.2) is 4.79 Å². The first-order chi connectivity index (χ1) is 9.97. The minimum atomic E-state index is -2.88. The number of nitrogens with one attached hydrogen (secondary N) is 2. The van der Waals surface area contributed by atoms with Crippen molar-refractivity contribution in [3.05, 3.63) is 24.3 Å². The summed E-state index contributed by atoms with van der Waals surface area (Å²) >= 11 is 0. The van der Waals surface area contributed by atoms with Crippen LogP contribution < -0.4 is 21.1 Å². The standard InChI is InChI=1S/C13H17F2N3O3/c14-12(15)21-10-6-4-9(5-7-10)18-11(19)3-1-2-8-17-13(16)20/h4-7,12H,1-3,8H2,(H,18,19)(H3,16,17,20). The van der Waals surface area contributed by atoms with Crippen LogP contribution >= 0.6 is 0 Å². The number of carbonyl (C=O) groups is 2. The molecular formula is C13H17F2N3O3. The number of nitrogens with two attached hydrogens (primary N) is 1. The molecule has 3 amide bonds. The second-order valence-corrected chi connectivity index (χ2v) is 4.20. The second kappa shape index (κ2) is 8.72. The largest absolute Gasteiger partial charge is 0.435 e. The highest BCUT2D eigenvalue weighted by molar-refractivity contribution is 5.90. The van der Waals surface area contributed by atoms with Gasteiger partial charge in [0.25, 0.3) is 0 Å². The Morgan fingerprint density at radius 2 is 1.86 bits per heavy atom. The zero-order valence-corrected chi connectivity index (χ0v) is 11.3. The fourth-order valence-corrected chi connectivity index (χ4v) is 1.57. The average Bonchev–Trinajstić information content (AvgIpc) is 2.39. The van der Waals surface area contributed by atoms with Crippen molar-refractivity contribution in [3.63, 3.8) is 0 Å². The molecule has 0 aliphatic carbocycles. The lowest BCUT2D eigenvalue weighted by atomic mass is 10.2. The Morgan fingerprint density at radius 1 is 1.19 bits per heavy atom. The number of benzene rings is 1. The summed E-state index contributed by atoms with van der Waals surface area (Å²) in [5.41, 5.74) is 5.39. The van der Waals surface area contributed by atoms with E-state index in [9.17, 15) is 18.4 Å². The summed E-state index contributed by atoms with van der Waals surface area (Å²) in [4.78, 5) is 22.0. The average molecular weight is 301 g/mol. The number of alkyl halides is 2. The number of urea groups is 1. The maximum atomic E-state index is 12.0. The molecule has 4 N–H and O–H groups in total. The Balaban J connectivity index is 2.26. The molecule has 0 unspecified atom stereocenters. The summed E-state index contributed by atoms with van der Waals surface area (Å²) in [5, 5.41) is 5.05. The van der Waals surface area contributed by atoms with Crippen LogP contribution in [-0.4, -0.2) is 25.1 Å². The Hall–Kier alpha value is -2.38. The van der Waals surface area contributed by atoms with Gasteiger partial charge < -0.3 is 21.1 Å². The summed E-state index contributed by atoms with van der Waals surface area (Å²) in [6.07, 6.45) is 1.52. The Morgan fingerprint density at radius 3 is 2.43 bits per heavy atom. The summed E-state index contributed by atoms with van der Waals surface area (Å²) < 4.78 is 28.1. The molecule has 1 aromatic rings. The van der Waals surface area contributed by atoms with Crippen molar-refractivity contribution in [3.8, 4) is 5.75 Å². The van der Waals surface area contributed by atoms with Crippen molar-refractivity contribution in [2.75, 3.05) is 11.9 Å². The van der Waals surface area contributed by atoms with Crippen molar-refractivity contribution < 1.29 is 23.1 Å². The Labute approximate surface area is 120 Å². The summed E-state index contributed by atoms with van der Waals surface area (Å²) in [7, 11) is 0. The predicted molar refractivity (Wildman–Crippen MR) is 73.1 cm³/mol. The molecule has 116 valence electrons. The van der Waals surface area contributed by atoms with Gasteiger partial charge in [0.05, 0.1) is 0 Å². The van der Waals surface area contributed by atoms with Gasteiger partial charge in [-0.15, -0.1) is 0 Å². The van der Waals surface area contributed by atoms with E-state index in [0.717, 1.165) is 0 Å². The molecule has 8 heteroatoms. The van der Waals surface area contributed by atoms with Gasteiger partial charge in [-0.3, -0.25) is 4.79 Å². The highest BCUT2D eigenvalue weighted by Crippen LogP contribution is 2.17. The van der Waals surface area contributed by atoms with Crippen molar-refractivity contribution in [2.45, 2.75) is 25.9 Å². The van der Waals surface area contributed by atoms with E-state index in [-0.39, 0.29) is 18.1 Å². The van der Waals surface area contributed by atoms with Crippen molar-refractivity contribution >= 4 is 17.6 Å². The topological polar surface area (TPSA) is 93.5 Å². The normalized spacial score (nSPS) is 10.2. The van der Waals surface area contributed by atoms with Crippen LogP contribution in [0, 0.1) is 0 Å². The molecule has 1 rings (SSSR count). The highest BCUT2D eigenvalue weighted by Gasteiger charge is 2.05. The molecule has 21 heavy (non-hydrogen) atoms. The number of anilines is 1. The third kappa shape index (κ3) is 7.71. The highest BCUT2D eigenvalue weighted by atomic mass is 19.3. The van der Waals surface area contributed by atoms with Gasteiger partial charge in [-0.05, 0) is 37.1 Å². The minimum absolute atomic E-state index is 0.0283. The zero-order valence-electron chi connectivity index (χ0n) is 11.3. The zero-order chi connectivity index (χ0) is 15.7. The number of ether oxygens (including phenoxy) is 1. The molecule has 0 aromatic heterocycles. The molecule has 0 saturated heterocycles. The molecule has 0 aliphatic heterocycles. The number of unbranched alkanes of at least 4 members (excludes halogenated alkanes) is 1. The molecule has 0 bridgehead atoms. The van der Waals surface area contributed by atoms with Crippen LogP contribution in [0.4, 0.5) is 19.3 Å². The number of hydrogen-bond acceptors (Lipinski definition) is 3. The van der Waals surface area contributed by atoms with Crippen LogP contribution in [0.2, 0.25) is 0 Å². The van der Waals surface area contributed by atoms with Gasteiger partial charge in [-0.2, -0.15) is 8.78 Å². The quantitative estimate of drug-likeness (QED) is 0.642. The Bertz CT molecular complexity index is 466. The van der Waals surface area contributed by atoms with Crippen LogP contribution in [0.1, 0.15) is 19.3 Å². The van der Waals surface area contributed by atoms with E-state index < -0.39 is 12.6 Å². The van der Waals surface area contributed by atoms with E-state index in [0.29, 0.717) is 25.1 Å². The predicted octanol–water partition coefficient (Wildman–Crippen LogP) is 2.07. The summed E-state index contributed by atoms with van der Waals surface area (Å²) in [5.74, 6) is -0.169. The molecule has 0 heterocycles. The molecule has 0 aliphatic rings. The van der Waals surface area contributed by atoms with E-state index >= 15 is 0 Å². The number of primary amides is 1. The lowest BCUT2D eigenvalue weighted by Crippen LogP contribution is -2.30. The molecule has 0 radical (unpaired) electrons. The van der Waals surface area contributed by atoms with Crippen molar-refractivity contribution in [1.82, 2.24) is 5.32 Å². The van der Waals surface area contributed by atoms with Gasteiger partial charge >= 0.3 is 12.6 Å². The molecular weight excluding hydrogens is 284 g/mol. The maximum absolute atomic E-state index is 12.0. The van der Waals surface area contributed by atoms with Gasteiger partial charge in [-0.1, -0.05) is 0 Å². The van der Waals surface area contributed by atoms with Crippen LogP contribution in [-0.2, 0) is 4.79 Å². The Kier molecular flexibility index (Phi) is 6.93. The van der Waals surface area contributed by atoms with Gasteiger partial charge in [0.1, 0.15) is 5.75 Å². The first kappa shape index (κ1) is 16.7. The molecule has 0 saturated carbocycles. The van der Waals surface area contributed by atoms with E-state index in [1.807, 2.05) is 0 Å². The maximum Gasteiger partial charge on any atom is 0.387 e. The van der Waals surface area contributed by atoms with Crippen molar-refractivity contribution in [2.24, 2.45) is 5.73 Å². The lowest BCUT2D eigenvalue weighted by Gasteiger charge is -2.07. The first-order valence-corrected chi connectivity index (χ1v) is 6.35. The van der Waals surface area contributed by atoms with Crippen LogP contribution in [0.15, 0.2) is 24.3 Å². The van der Waals surface area contributed by atoms with Crippen LogP contribution in [0.25, 0.3) is 0 Å². The third-order valence-corrected chi connectivity index (χ3v) is 2.49. The number of halogens is 2. The number of hydrogen-bond donors (Lipinski definition) is 3. The van der Waals surface area contributed by atoms with Gasteiger partial charge in [0.2, 0.25) is 5.91 Å². The van der Waals surface area contributed by atoms with E-state index in [1.165, 1.54) is 24.3 Å². The first-order valence-electron chi connectivity index (χ1n) is 6.35. The fourth-order valence-electron chi connectivity index (χ4n) is 1.57. The minimum Gasteiger partial charge on any atom is -0.435 e. The second-order valence-electron chi connectivity index (χ2n) is 4.20. The molecule has 0 spiro atoms. The van der Waals surface area contributed by atoms with Crippen LogP contribution in [0.3, 0.4) is 0 Å². The SMILES string of the molecule is NC(=O)NCCCCC(=O)Nc1ccc(OC(F)F)cc1.